The monoisotopic (exact) mass is 256 g/mol. The molecule has 1 amide bonds. The minimum absolute atomic E-state index is 0.228. The van der Waals surface area contributed by atoms with Gasteiger partial charge in [0.15, 0.2) is 0 Å². The van der Waals surface area contributed by atoms with Crippen LogP contribution in [0.2, 0.25) is 0 Å². The minimum Gasteiger partial charge on any atom is -0.444 e. The molecule has 0 spiro atoms. The fourth-order valence-corrected chi connectivity index (χ4v) is 1.85. The van der Waals surface area contributed by atoms with Crippen molar-refractivity contribution < 1.29 is 9.53 Å². The Bertz CT molecular complexity index is 286. The molecular formula is C14H28N2O2. The topological polar surface area (TPSA) is 50.4 Å². The fraction of sp³-hybridized carbons (Fsp3) is 0.929. The zero-order valence-electron chi connectivity index (χ0n) is 12.5. The van der Waals surface area contributed by atoms with Crippen LogP contribution in [0.1, 0.15) is 54.4 Å². The van der Waals surface area contributed by atoms with E-state index in [-0.39, 0.29) is 12.1 Å². The van der Waals surface area contributed by atoms with Gasteiger partial charge in [-0.3, -0.25) is 0 Å². The van der Waals surface area contributed by atoms with Gasteiger partial charge in [0, 0.05) is 18.1 Å². The Hall–Kier alpha value is -0.770. The Morgan fingerprint density at radius 2 is 1.94 bits per heavy atom. The van der Waals surface area contributed by atoms with Gasteiger partial charge < -0.3 is 15.4 Å². The molecule has 0 heterocycles. The molecule has 4 unspecified atom stereocenters. The first-order chi connectivity index (χ1) is 8.23. The van der Waals surface area contributed by atoms with E-state index in [0.717, 1.165) is 6.42 Å². The Balaban J connectivity index is 2.23. The van der Waals surface area contributed by atoms with Crippen LogP contribution in [0.3, 0.4) is 0 Å². The van der Waals surface area contributed by atoms with Gasteiger partial charge in [0.1, 0.15) is 5.60 Å². The van der Waals surface area contributed by atoms with E-state index < -0.39 is 5.60 Å². The summed E-state index contributed by atoms with van der Waals surface area (Å²) in [6, 6.07) is 1.12. The molecule has 0 aromatic carbocycles. The molecule has 1 aliphatic carbocycles. The molecule has 106 valence electrons. The standard InChI is InChI=1S/C14H28N2O2/c1-7-9(2)10(3)15-11-8-12(11)16-13(17)18-14(4,5)6/h9-12,15H,7-8H2,1-6H3,(H,16,17). The van der Waals surface area contributed by atoms with E-state index in [1.165, 1.54) is 6.42 Å². The van der Waals surface area contributed by atoms with Gasteiger partial charge in [0.25, 0.3) is 0 Å². The van der Waals surface area contributed by atoms with E-state index in [2.05, 4.69) is 31.4 Å². The average molecular weight is 256 g/mol. The number of amides is 1. The molecule has 4 atom stereocenters. The van der Waals surface area contributed by atoms with Gasteiger partial charge in [-0.15, -0.1) is 0 Å². The van der Waals surface area contributed by atoms with E-state index >= 15 is 0 Å². The number of nitrogens with one attached hydrogen (secondary N) is 2. The van der Waals surface area contributed by atoms with Crippen LogP contribution >= 0.6 is 0 Å². The zero-order valence-corrected chi connectivity index (χ0v) is 12.5. The number of rotatable bonds is 5. The summed E-state index contributed by atoms with van der Waals surface area (Å²) in [5.74, 6) is 0.660. The van der Waals surface area contributed by atoms with Crippen molar-refractivity contribution in [3.05, 3.63) is 0 Å². The summed E-state index contributed by atoms with van der Waals surface area (Å²) in [4.78, 5) is 11.6. The minimum atomic E-state index is -0.425. The lowest BCUT2D eigenvalue weighted by atomic mass is 10.0. The molecule has 1 aliphatic rings. The second kappa shape index (κ2) is 5.91. The molecular weight excluding hydrogens is 228 g/mol. The fourth-order valence-electron chi connectivity index (χ4n) is 1.85. The molecule has 0 aromatic rings. The second-order valence-electron chi connectivity index (χ2n) is 6.44. The van der Waals surface area contributed by atoms with Crippen LogP contribution in [0.25, 0.3) is 0 Å². The summed E-state index contributed by atoms with van der Waals surface area (Å²) in [6.07, 6.45) is 1.86. The van der Waals surface area contributed by atoms with Crippen molar-refractivity contribution in [1.82, 2.24) is 10.6 Å². The van der Waals surface area contributed by atoms with Crippen molar-refractivity contribution in [2.24, 2.45) is 5.92 Å². The van der Waals surface area contributed by atoms with Crippen LogP contribution in [0.4, 0.5) is 4.79 Å². The molecule has 0 aromatic heterocycles. The lowest BCUT2D eigenvalue weighted by Gasteiger charge is -2.21. The van der Waals surface area contributed by atoms with E-state index in [4.69, 9.17) is 4.74 Å². The van der Waals surface area contributed by atoms with Crippen molar-refractivity contribution in [3.8, 4) is 0 Å². The van der Waals surface area contributed by atoms with Crippen molar-refractivity contribution in [3.63, 3.8) is 0 Å². The van der Waals surface area contributed by atoms with Crippen LogP contribution < -0.4 is 10.6 Å². The van der Waals surface area contributed by atoms with Crippen molar-refractivity contribution in [1.29, 1.82) is 0 Å². The summed E-state index contributed by atoms with van der Waals surface area (Å²) in [6.45, 7) is 12.3. The predicted octanol–water partition coefficient (Wildman–Crippen LogP) is 2.68. The van der Waals surface area contributed by atoms with Gasteiger partial charge in [-0.2, -0.15) is 0 Å². The first-order valence-corrected chi connectivity index (χ1v) is 6.98. The number of alkyl carbamates (subject to hydrolysis) is 1. The lowest BCUT2D eigenvalue weighted by molar-refractivity contribution is 0.0521. The van der Waals surface area contributed by atoms with Crippen LogP contribution in [0.5, 0.6) is 0 Å². The van der Waals surface area contributed by atoms with Crippen molar-refractivity contribution in [2.45, 2.75) is 78.1 Å². The molecule has 18 heavy (non-hydrogen) atoms. The summed E-state index contributed by atoms with van der Waals surface area (Å²) in [5, 5.41) is 6.45. The van der Waals surface area contributed by atoms with E-state index in [9.17, 15) is 4.79 Å². The maximum atomic E-state index is 11.6. The number of ether oxygens (including phenoxy) is 1. The van der Waals surface area contributed by atoms with Gasteiger partial charge in [-0.1, -0.05) is 20.3 Å². The Morgan fingerprint density at radius 1 is 1.33 bits per heavy atom. The van der Waals surface area contributed by atoms with Gasteiger partial charge in [-0.25, -0.2) is 4.79 Å². The van der Waals surface area contributed by atoms with Crippen LogP contribution in [0, 0.1) is 5.92 Å². The number of hydrogen-bond acceptors (Lipinski definition) is 3. The molecule has 1 saturated carbocycles. The van der Waals surface area contributed by atoms with Gasteiger partial charge in [0.05, 0.1) is 0 Å². The Labute approximate surface area is 111 Å². The average Bonchev–Trinajstić information content (AvgIpc) is 2.91. The van der Waals surface area contributed by atoms with Crippen molar-refractivity contribution >= 4 is 6.09 Å². The third-order valence-corrected chi connectivity index (χ3v) is 3.47. The number of carbonyl (C=O) groups excluding carboxylic acids is 1. The first-order valence-electron chi connectivity index (χ1n) is 6.98. The van der Waals surface area contributed by atoms with E-state index in [1.54, 1.807) is 0 Å². The molecule has 0 radical (unpaired) electrons. The Kier molecular flexibility index (Phi) is 5.02. The molecule has 1 fully saturated rings. The number of carbonyl (C=O) groups is 1. The van der Waals surface area contributed by atoms with Crippen LogP contribution in [-0.4, -0.2) is 29.8 Å². The van der Waals surface area contributed by atoms with Gasteiger partial charge in [-0.05, 0) is 40.0 Å². The summed E-state index contributed by atoms with van der Waals surface area (Å²) >= 11 is 0. The third-order valence-electron chi connectivity index (χ3n) is 3.47. The highest BCUT2D eigenvalue weighted by Crippen LogP contribution is 2.24. The normalized spacial score (nSPS) is 26.3. The van der Waals surface area contributed by atoms with Crippen LogP contribution in [-0.2, 0) is 4.74 Å². The third kappa shape index (κ3) is 5.25. The van der Waals surface area contributed by atoms with Gasteiger partial charge in [0.2, 0.25) is 0 Å². The summed E-state index contributed by atoms with van der Waals surface area (Å²) in [7, 11) is 0. The summed E-state index contributed by atoms with van der Waals surface area (Å²) < 4.78 is 5.23. The first kappa shape index (κ1) is 15.3. The highest BCUT2D eigenvalue weighted by Gasteiger charge is 2.40. The highest BCUT2D eigenvalue weighted by molar-refractivity contribution is 5.68. The molecule has 0 aliphatic heterocycles. The SMILES string of the molecule is CCC(C)C(C)NC1CC1NC(=O)OC(C)(C)C. The molecule has 4 heteroatoms. The van der Waals surface area contributed by atoms with Gasteiger partial charge >= 0.3 is 6.09 Å². The van der Waals surface area contributed by atoms with E-state index in [0.29, 0.717) is 18.0 Å². The van der Waals surface area contributed by atoms with E-state index in [1.807, 2.05) is 20.8 Å². The number of hydrogen-bond donors (Lipinski definition) is 2. The summed E-state index contributed by atoms with van der Waals surface area (Å²) in [5.41, 5.74) is -0.425. The van der Waals surface area contributed by atoms with Crippen molar-refractivity contribution in [2.75, 3.05) is 0 Å². The quantitative estimate of drug-likeness (QED) is 0.795. The Morgan fingerprint density at radius 3 is 2.44 bits per heavy atom. The van der Waals surface area contributed by atoms with Crippen LogP contribution in [0.15, 0.2) is 0 Å². The maximum absolute atomic E-state index is 11.6. The second-order valence-corrected chi connectivity index (χ2v) is 6.44. The zero-order chi connectivity index (χ0) is 13.9. The molecule has 0 saturated heterocycles. The molecule has 0 bridgehead atoms. The maximum Gasteiger partial charge on any atom is 0.407 e. The largest absolute Gasteiger partial charge is 0.444 e. The highest BCUT2D eigenvalue weighted by atomic mass is 16.6. The molecule has 1 rings (SSSR count). The predicted molar refractivity (Wildman–Crippen MR) is 73.6 cm³/mol. The smallest absolute Gasteiger partial charge is 0.407 e. The molecule has 2 N–H and O–H groups in total. The lowest BCUT2D eigenvalue weighted by Crippen LogP contribution is -2.40. The molecule has 4 nitrogen and oxygen atoms in total.